The lowest BCUT2D eigenvalue weighted by Crippen LogP contribution is -2.39. The third kappa shape index (κ3) is 4.27. The first kappa shape index (κ1) is 13.9. The van der Waals surface area contributed by atoms with Crippen molar-refractivity contribution in [3.05, 3.63) is 0 Å². The molecule has 2 fully saturated rings. The topological polar surface area (TPSA) is 29.5 Å². The largest absolute Gasteiger partial charge is 0.368 e. The van der Waals surface area contributed by atoms with Gasteiger partial charge < -0.3 is 9.64 Å². The summed E-state index contributed by atoms with van der Waals surface area (Å²) >= 11 is 0. The van der Waals surface area contributed by atoms with Gasteiger partial charge in [0.1, 0.15) is 6.61 Å². The molecule has 0 aromatic carbocycles. The smallest absolute Gasteiger partial charge is 0.248 e. The lowest BCUT2D eigenvalue weighted by molar-refractivity contribution is -0.140. The van der Waals surface area contributed by atoms with E-state index in [1.54, 1.807) is 0 Å². The van der Waals surface area contributed by atoms with E-state index < -0.39 is 0 Å². The predicted molar refractivity (Wildman–Crippen MR) is 72.4 cm³/mol. The Bertz CT molecular complexity index is 268. The lowest BCUT2D eigenvalue weighted by atomic mass is 9.98. The second-order valence-corrected chi connectivity index (χ2v) is 6.24. The van der Waals surface area contributed by atoms with E-state index >= 15 is 0 Å². The summed E-state index contributed by atoms with van der Waals surface area (Å²) in [4.78, 5) is 14.3. The molecule has 0 spiro atoms. The fourth-order valence-corrected chi connectivity index (χ4v) is 2.74. The predicted octanol–water partition coefficient (Wildman–Crippen LogP) is 2.98. The van der Waals surface area contributed by atoms with Gasteiger partial charge in [0, 0.05) is 12.6 Å². The summed E-state index contributed by atoms with van der Waals surface area (Å²) in [5.74, 6) is 0.751. The molecule has 104 valence electrons. The van der Waals surface area contributed by atoms with Crippen LogP contribution in [0.4, 0.5) is 0 Å². The summed E-state index contributed by atoms with van der Waals surface area (Å²) in [6.45, 7) is 5.53. The van der Waals surface area contributed by atoms with Crippen molar-refractivity contribution in [1.29, 1.82) is 0 Å². The number of carbonyl (C=O) groups is 1. The summed E-state index contributed by atoms with van der Waals surface area (Å²) in [5.41, 5.74) is 0. The van der Waals surface area contributed by atoms with Crippen molar-refractivity contribution in [2.75, 3.05) is 13.2 Å². The number of rotatable bonds is 6. The van der Waals surface area contributed by atoms with Gasteiger partial charge in [-0.2, -0.15) is 0 Å². The van der Waals surface area contributed by atoms with Crippen LogP contribution in [0.3, 0.4) is 0 Å². The molecule has 0 unspecified atom stereocenters. The highest BCUT2D eigenvalue weighted by atomic mass is 16.5. The van der Waals surface area contributed by atoms with Crippen molar-refractivity contribution >= 4 is 5.91 Å². The molecule has 2 aliphatic rings. The molecule has 2 rings (SSSR count). The van der Waals surface area contributed by atoms with E-state index in [0.29, 0.717) is 24.7 Å². The van der Waals surface area contributed by atoms with E-state index in [-0.39, 0.29) is 5.91 Å². The maximum atomic E-state index is 12.2. The molecule has 0 radical (unpaired) electrons. The molecule has 3 heteroatoms. The first-order chi connectivity index (χ1) is 8.66. The van der Waals surface area contributed by atoms with Crippen LogP contribution in [0.1, 0.15) is 58.8 Å². The zero-order chi connectivity index (χ0) is 13.0. The fourth-order valence-electron chi connectivity index (χ4n) is 2.74. The zero-order valence-electron chi connectivity index (χ0n) is 11.9. The van der Waals surface area contributed by atoms with Crippen LogP contribution < -0.4 is 0 Å². The highest BCUT2D eigenvalue weighted by molar-refractivity contribution is 5.78. The van der Waals surface area contributed by atoms with Gasteiger partial charge in [0.25, 0.3) is 0 Å². The van der Waals surface area contributed by atoms with Gasteiger partial charge >= 0.3 is 0 Å². The minimum absolute atomic E-state index is 0.205. The maximum absolute atomic E-state index is 12.2. The Labute approximate surface area is 111 Å². The Hall–Kier alpha value is -0.570. The number of ether oxygens (including phenoxy) is 1. The molecular weight excluding hydrogens is 226 g/mol. The third-order valence-electron chi connectivity index (χ3n) is 3.86. The Morgan fingerprint density at radius 1 is 1.17 bits per heavy atom. The summed E-state index contributed by atoms with van der Waals surface area (Å²) in [7, 11) is 0. The molecule has 0 saturated heterocycles. The SMILES string of the molecule is CC(C)CN(C(=O)COC1CCCCC1)C1CC1. The highest BCUT2D eigenvalue weighted by Gasteiger charge is 2.33. The molecule has 0 atom stereocenters. The van der Waals surface area contributed by atoms with Crippen LogP contribution >= 0.6 is 0 Å². The number of hydrogen-bond donors (Lipinski definition) is 0. The van der Waals surface area contributed by atoms with Crippen molar-refractivity contribution in [2.45, 2.75) is 70.9 Å². The van der Waals surface area contributed by atoms with Gasteiger partial charge in [0.15, 0.2) is 0 Å². The van der Waals surface area contributed by atoms with Gasteiger partial charge in [0.05, 0.1) is 6.10 Å². The molecule has 2 aliphatic carbocycles. The third-order valence-corrected chi connectivity index (χ3v) is 3.86. The average Bonchev–Trinajstić information content (AvgIpc) is 3.18. The van der Waals surface area contributed by atoms with E-state index in [9.17, 15) is 4.79 Å². The molecule has 0 aliphatic heterocycles. The van der Waals surface area contributed by atoms with E-state index in [1.165, 1.54) is 32.1 Å². The molecule has 0 aromatic rings. The molecular formula is C15H27NO2. The monoisotopic (exact) mass is 253 g/mol. The molecule has 0 heterocycles. The van der Waals surface area contributed by atoms with Gasteiger partial charge in [0.2, 0.25) is 5.91 Å². The van der Waals surface area contributed by atoms with Crippen LogP contribution in [0.5, 0.6) is 0 Å². The van der Waals surface area contributed by atoms with Crippen molar-refractivity contribution < 1.29 is 9.53 Å². The quantitative estimate of drug-likeness (QED) is 0.728. The van der Waals surface area contributed by atoms with Gasteiger partial charge in [-0.3, -0.25) is 4.79 Å². The number of nitrogens with zero attached hydrogens (tertiary/aromatic N) is 1. The summed E-state index contributed by atoms with van der Waals surface area (Å²) < 4.78 is 5.79. The maximum Gasteiger partial charge on any atom is 0.248 e. The van der Waals surface area contributed by atoms with Crippen molar-refractivity contribution in [3.63, 3.8) is 0 Å². The van der Waals surface area contributed by atoms with Crippen LogP contribution in [-0.4, -0.2) is 36.1 Å². The Kier molecular flexibility index (Phi) is 5.04. The van der Waals surface area contributed by atoms with Crippen LogP contribution in [0, 0.1) is 5.92 Å². The highest BCUT2D eigenvalue weighted by Crippen LogP contribution is 2.28. The van der Waals surface area contributed by atoms with Crippen molar-refractivity contribution in [3.8, 4) is 0 Å². The van der Waals surface area contributed by atoms with E-state index in [1.807, 2.05) is 4.90 Å². The number of amides is 1. The van der Waals surface area contributed by atoms with Gasteiger partial charge in [-0.25, -0.2) is 0 Å². The van der Waals surface area contributed by atoms with E-state index in [0.717, 1.165) is 19.4 Å². The summed E-state index contributed by atoms with van der Waals surface area (Å²) in [6.07, 6.45) is 8.83. The van der Waals surface area contributed by atoms with Crippen molar-refractivity contribution in [2.24, 2.45) is 5.92 Å². The first-order valence-electron chi connectivity index (χ1n) is 7.58. The summed E-state index contributed by atoms with van der Waals surface area (Å²) in [6, 6.07) is 0.509. The second-order valence-electron chi connectivity index (χ2n) is 6.24. The van der Waals surface area contributed by atoms with Gasteiger partial charge in [-0.15, -0.1) is 0 Å². The number of hydrogen-bond acceptors (Lipinski definition) is 2. The molecule has 3 nitrogen and oxygen atoms in total. The first-order valence-corrected chi connectivity index (χ1v) is 7.58. The summed E-state index contributed by atoms with van der Waals surface area (Å²) in [5, 5.41) is 0. The average molecular weight is 253 g/mol. The van der Waals surface area contributed by atoms with Crippen LogP contribution in [-0.2, 0) is 9.53 Å². The molecule has 0 aromatic heterocycles. The van der Waals surface area contributed by atoms with E-state index in [4.69, 9.17) is 4.74 Å². The molecule has 1 amide bonds. The molecule has 18 heavy (non-hydrogen) atoms. The molecule has 2 saturated carbocycles. The van der Waals surface area contributed by atoms with Crippen molar-refractivity contribution in [1.82, 2.24) is 4.90 Å². The van der Waals surface area contributed by atoms with Gasteiger partial charge in [-0.05, 0) is 31.6 Å². The molecule has 0 N–H and O–H groups in total. The van der Waals surface area contributed by atoms with Crippen LogP contribution in [0.15, 0.2) is 0 Å². The Balaban J connectivity index is 1.74. The van der Waals surface area contributed by atoms with Gasteiger partial charge in [-0.1, -0.05) is 33.1 Å². The fraction of sp³-hybridized carbons (Fsp3) is 0.933. The Morgan fingerprint density at radius 3 is 2.39 bits per heavy atom. The van der Waals surface area contributed by atoms with E-state index in [2.05, 4.69) is 13.8 Å². The standard InChI is InChI=1S/C15H27NO2/c1-12(2)10-16(13-8-9-13)15(17)11-18-14-6-4-3-5-7-14/h12-14H,3-11H2,1-2H3. The number of carbonyl (C=O) groups excluding carboxylic acids is 1. The zero-order valence-corrected chi connectivity index (χ0v) is 11.9. The van der Waals surface area contributed by atoms with Crippen LogP contribution in [0.2, 0.25) is 0 Å². The second kappa shape index (κ2) is 6.55. The van der Waals surface area contributed by atoms with Crippen LogP contribution in [0.25, 0.3) is 0 Å². The molecule has 0 bridgehead atoms. The normalized spacial score (nSPS) is 21.3. The minimum Gasteiger partial charge on any atom is -0.368 e. The minimum atomic E-state index is 0.205. The lowest BCUT2D eigenvalue weighted by Gasteiger charge is -2.27. The Morgan fingerprint density at radius 2 is 1.83 bits per heavy atom.